The smallest absolute Gasteiger partial charge is 0.0999 e. The maximum absolute atomic E-state index is 9.76. The molecule has 0 fully saturated rings. The maximum atomic E-state index is 9.76. The molecule has 0 radical (unpaired) electrons. The quantitative estimate of drug-likeness (QED) is 0.235. The molecule has 188 valence electrons. The lowest BCUT2D eigenvalue weighted by Crippen LogP contribution is -2.23. The third kappa shape index (κ3) is 3.89. The number of hydrogen-bond donors (Lipinski definition) is 0. The molecule has 40 heavy (non-hydrogen) atoms. The van der Waals surface area contributed by atoms with Gasteiger partial charge in [-0.3, -0.25) is 4.98 Å². The van der Waals surface area contributed by atoms with Crippen molar-refractivity contribution in [2.45, 2.75) is 0 Å². The summed E-state index contributed by atoms with van der Waals surface area (Å²) in [5, 5.41) is 9.76. The van der Waals surface area contributed by atoms with Crippen LogP contribution in [0.25, 0.3) is 22.3 Å². The highest BCUT2D eigenvalue weighted by atomic mass is 15.3. The molecule has 7 rings (SSSR count). The normalized spacial score (nSPS) is 11.9. The molecule has 0 saturated carbocycles. The van der Waals surface area contributed by atoms with Crippen LogP contribution in [0.5, 0.6) is 0 Å². The Bertz CT molecular complexity index is 1840. The lowest BCUT2D eigenvalue weighted by atomic mass is 9.93. The van der Waals surface area contributed by atoms with Gasteiger partial charge in [0.05, 0.1) is 34.4 Å². The topological polar surface area (TPSA) is 43.2 Å². The number of nitriles is 1. The summed E-state index contributed by atoms with van der Waals surface area (Å²) in [6.45, 7) is 0. The molecule has 6 aromatic rings. The lowest BCUT2D eigenvalue weighted by molar-refractivity contribution is 1.17. The highest BCUT2D eigenvalue weighted by molar-refractivity contribution is 6.02. The molecule has 1 aliphatic heterocycles. The van der Waals surface area contributed by atoms with Crippen LogP contribution >= 0.6 is 0 Å². The number of para-hydroxylation sites is 5. The van der Waals surface area contributed by atoms with E-state index in [1.54, 1.807) is 18.5 Å². The van der Waals surface area contributed by atoms with Crippen molar-refractivity contribution in [3.05, 3.63) is 151 Å². The van der Waals surface area contributed by atoms with Crippen LogP contribution in [0, 0.1) is 11.3 Å². The SMILES string of the molecule is N#Cc1ccncc1-c1ccccc1-c1cccc(N2c3ccccc3N(c3ccccc3)c3ccccc32)c1. The predicted octanol–water partition coefficient (Wildman–Crippen LogP) is 9.54. The van der Waals surface area contributed by atoms with Gasteiger partial charge in [-0.1, -0.05) is 78.9 Å². The molecule has 5 aromatic carbocycles. The molecule has 4 heteroatoms. The van der Waals surface area contributed by atoms with Gasteiger partial charge in [0.25, 0.3) is 0 Å². The van der Waals surface area contributed by atoms with Crippen molar-refractivity contribution in [2.24, 2.45) is 0 Å². The van der Waals surface area contributed by atoms with E-state index in [0.29, 0.717) is 5.56 Å². The summed E-state index contributed by atoms with van der Waals surface area (Å²) in [7, 11) is 0. The van der Waals surface area contributed by atoms with E-state index in [1.807, 2.05) is 18.2 Å². The number of anilines is 6. The zero-order chi connectivity index (χ0) is 26.9. The van der Waals surface area contributed by atoms with Crippen LogP contribution in [0.3, 0.4) is 0 Å². The molecule has 0 saturated heterocycles. The number of nitrogens with zero attached hydrogens (tertiary/aromatic N) is 4. The summed E-state index contributed by atoms with van der Waals surface area (Å²) in [6, 6.07) is 48.5. The van der Waals surface area contributed by atoms with E-state index >= 15 is 0 Å². The van der Waals surface area contributed by atoms with Crippen LogP contribution in [0.1, 0.15) is 5.56 Å². The molecule has 0 aliphatic carbocycles. The molecular weight excluding hydrogens is 488 g/mol. The first-order chi connectivity index (χ1) is 19.8. The van der Waals surface area contributed by atoms with E-state index in [9.17, 15) is 5.26 Å². The van der Waals surface area contributed by atoms with Gasteiger partial charge in [-0.2, -0.15) is 5.26 Å². The van der Waals surface area contributed by atoms with Gasteiger partial charge in [-0.25, -0.2) is 0 Å². The summed E-state index contributed by atoms with van der Waals surface area (Å²) in [4.78, 5) is 8.97. The summed E-state index contributed by atoms with van der Waals surface area (Å²) < 4.78 is 0. The number of benzene rings is 5. The van der Waals surface area contributed by atoms with Gasteiger partial charge in [0, 0.05) is 29.3 Å². The van der Waals surface area contributed by atoms with Crippen molar-refractivity contribution >= 4 is 34.1 Å². The van der Waals surface area contributed by atoms with E-state index < -0.39 is 0 Å². The Morgan fingerprint density at radius 1 is 0.500 bits per heavy atom. The predicted molar refractivity (Wildman–Crippen MR) is 163 cm³/mol. The lowest BCUT2D eigenvalue weighted by Gasteiger charge is -2.40. The fraction of sp³-hybridized carbons (Fsp3) is 0. The fourth-order valence-corrected chi connectivity index (χ4v) is 5.57. The number of aromatic nitrogens is 1. The minimum Gasteiger partial charge on any atom is -0.306 e. The Labute approximate surface area is 233 Å². The summed E-state index contributed by atoms with van der Waals surface area (Å²) in [6.07, 6.45) is 3.44. The summed E-state index contributed by atoms with van der Waals surface area (Å²) in [5.41, 5.74) is 11.2. The van der Waals surface area contributed by atoms with Crippen molar-refractivity contribution in [3.63, 3.8) is 0 Å². The first kappa shape index (κ1) is 23.5. The standard InChI is InChI=1S/C36H24N4/c37-24-27-21-22-38-25-32(27)31-16-5-4-15-30(31)26-11-10-14-29(23-26)40-35-19-8-6-17-33(35)39(28-12-2-1-3-13-28)34-18-7-9-20-36(34)40/h1-23,25H. The molecule has 0 atom stereocenters. The third-order valence-electron chi connectivity index (χ3n) is 7.32. The van der Waals surface area contributed by atoms with Gasteiger partial charge in [0.1, 0.15) is 0 Å². The average Bonchev–Trinajstić information content (AvgIpc) is 3.04. The second-order valence-corrected chi connectivity index (χ2v) is 9.61. The highest BCUT2D eigenvalue weighted by Gasteiger charge is 2.30. The molecule has 0 bridgehead atoms. The first-order valence-electron chi connectivity index (χ1n) is 13.2. The van der Waals surface area contributed by atoms with E-state index in [1.165, 1.54) is 0 Å². The van der Waals surface area contributed by atoms with E-state index in [-0.39, 0.29) is 0 Å². The van der Waals surface area contributed by atoms with Crippen LogP contribution in [-0.4, -0.2) is 4.98 Å². The number of rotatable bonds is 4. The van der Waals surface area contributed by atoms with Crippen LogP contribution in [0.2, 0.25) is 0 Å². The Kier molecular flexibility index (Phi) is 5.81. The van der Waals surface area contributed by atoms with E-state index in [2.05, 4.69) is 130 Å². The second kappa shape index (κ2) is 9.90. The molecule has 1 aromatic heterocycles. The Morgan fingerprint density at radius 2 is 1.05 bits per heavy atom. The molecule has 0 N–H and O–H groups in total. The van der Waals surface area contributed by atoms with Gasteiger partial charge in [0.2, 0.25) is 0 Å². The van der Waals surface area contributed by atoms with Gasteiger partial charge in [-0.05, 0) is 71.3 Å². The molecule has 4 nitrogen and oxygen atoms in total. The van der Waals surface area contributed by atoms with Gasteiger partial charge < -0.3 is 9.80 Å². The minimum atomic E-state index is 0.610. The Morgan fingerprint density at radius 3 is 1.70 bits per heavy atom. The first-order valence-corrected chi connectivity index (χ1v) is 13.2. The molecule has 0 amide bonds. The molecular formula is C36H24N4. The fourth-order valence-electron chi connectivity index (χ4n) is 5.57. The number of pyridine rings is 1. The number of hydrogen-bond acceptors (Lipinski definition) is 4. The van der Waals surface area contributed by atoms with Crippen LogP contribution < -0.4 is 9.80 Å². The maximum Gasteiger partial charge on any atom is 0.0999 e. The van der Waals surface area contributed by atoms with Gasteiger partial charge in [0.15, 0.2) is 0 Å². The summed E-state index contributed by atoms with van der Waals surface area (Å²) >= 11 is 0. The zero-order valence-electron chi connectivity index (χ0n) is 21.6. The molecule has 0 unspecified atom stereocenters. The van der Waals surface area contributed by atoms with Crippen molar-refractivity contribution in [1.29, 1.82) is 5.26 Å². The average molecular weight is 513 g/mol. The zero-order valence-corrected chi connectivity index (χ0v) is 21.6. The Balaban J connectivity index is 1.40. The van der Waals surface area contributed by atoms with Crippen LogP contribution in [0.15, 0.2) is 146 Å². The van der Waals surface area contributed by atoms with E-state index in [0.717, 1.165) is 56.4 Å². The van der Waals surface area contributed by atoms with Gasteiger partial charge in [-0.15, -0.1) is 0 Å². The second-order valence-electron chi connectivity index (χ2n) is 9.61. The molecule has 0 spiro atoms. The van der Waals surface area contributed by atoms with Crippen molar-refractivity contribution in [3.8, 4) is 28.3 Å². The third-order valence-corrected chi connectivity index (χ3v) is 7.32. The monoisotopic (exact) mass is 512 g/mol. The van der Waals surface area contributed by atoms with Crippen molar-refractivity contribution < 1.29 is 0 Å². The minimum absolute atomic E-state index is 0.610. The number of fused-ring (bicyclic) bond motifs is 2. The van der Waals surface area contributed by atoms with Crippen LogP contribution in [0.4, 0.5) is 34.1 Å². The van der Waals surface area contributed by atoms with Crippen LogP contribution in [-0.2, 0) is 0 Å². The molecule has 2 heterocycles. The highest BCUT2D eigenvalue weighted by Crippen LogP contribution is 2.54. The van der Waals surface area contributed by atoms with Crippen molar-refractivity contribution in [1.82, 2.24) is 4.98 Å². The van der Waals surface area contributed by atoms with Crippen molar-refractivity contribution in [2.75, 3.05) is 9.80 Å². The Hall–Kier alpha value is -5.66. The van der Waals surface area contributed by atoms with Gasteiger partial charge >= 0.3 is 0 Å². The summed E-state index contributed by atoms with van der Waals surface area (Å²) in [5.74, 6) is 0. The molecule has 1 aliphatic rings. The van der Waals surface area contributed by atoms with E-state index in [4.69, 9.17) is 0 Å². The largest absolute Gasteiger partial charge is 0.306 e.